The molecule has 1 aromatic rings. The van der Waals surface area contributed by atoms with Gasteiger partial charge in [0.1, 0.15) is 6.33 Å². The summed E-state index contributed by atoms with van der Waals surface area (Å²) in [6.07, 6.45) is 9.37. The number of carbonyl (C=O) groups is 1. The highest BCUT2D eigenvalue weighted by molar-refractivity contribution is 5.95. The van der Waals surface area contributed by atoms with Gasteiger partial charge in [-0.15, -0.1) is 0 Å². The summed E-state index contributed by atoms with van der Waals surface area (Å²) in [5.74, 6) is 0.697. The maximum Gasteiger partial charge on any atom is 0.165 e. The number of ketones is 1. The molecule has 1 aromatic heterocycles. The first kappa shape index (κ1) is 13.8. The zero-order valence-corrected chi connectivity index (χ0v) is 10.4. The van der Waals surface area contributed by atoms with Crippen molar-refractivity contribution in [1.82, 2.24) is 9.97 Å². The van der Waals surface area contributed by atoms with Crippen molar-refractivity contribution in [3.05, 3.63) is 24.3 Å². The fraction of sp³-hybridized carbons (Fsp3) is 0.615. The topological polar surface area (TPSA) is 68.9 Å². The Morgan fingerprint density at radius 1 is 1.29 bits per heavy atom. The van der Waals surface area contributed by atoms with Crippen LogP contribution in [0.3, 0.4) is 0 Å². The zero-order chi connectivity index (χ0) is 12.5. The summed E-state index contributed by atoms with van der Waals surface area (Å²) in [7, 11) is 0. The number of hydrogen-bond donors (Lipinski definition) is 1. The number of rotatable bonds is 8. The Morgan fingerprint density at radius 3 is 2.59 bits per heavy atom. The van der Waals surface area contributed by atoms with Crippen LogP contribution in [0.4, 0.5) is 0 Å². The average Bonchev–Trinajstić information content (AvgIpc) is 2.37. The Balaban J connectivity index is 2.41. The van der Waals surface area contributed by atoms with Crippen molar-refractivity contribution in [1.29, 1.82) is 0 Å². The van der Waals surface area contributed by atoms with Gasteiger partial charge in [-0.05, 0) is 25.3 Å². The molecule has 4 nitrogen and oxygen atoms in total. The van der Waals surface area contributed by atoms with E-state index in [9.17, 15) is 4.79 Å². The summed E-state index contributed by atoms with van der Waals surface area (Å²) in [5, 5.41) is 0. The zero-order valence-electron chi connectivity index (χ0n) is 10.4. The molecule has 1 heterocycles. The summed E-state index contributed by atoms with van der Waals surface area (Å²) >= 11 is 0. The first-order chi connectivity index (χ1) is 8.27. The van der Waals surface area contributed by atoms with E-state index in [0.29, 0.717) is 24.4 Å². The number of nitrogens with zero attached hydrogens (tertiary/aromatic N) is 2. The monoisotopic (exact) mass is 235 g/mol. The molecule has 0 aromatic carbocycles. The lowest BCUT2D eigenvalue weighted by atomic mass is 9.93. The van der Waals surface area contributed by atoms with E-state index < -0.39 is 0 Å². The normalized spacial score (nSPS) is 12.4. The van der Waals surface area contributed by atoms with Crippen LogP contribution in [-0.2, 0) is 0 Å². The summed E-state index contributed by atoms with van der Waals surface area (Å²) in [6, 6.07) is 0. The van der Waals surface area contributed by atoms with Crippen molar-refractivity contribution in [2.45, 2.75) is 39.0 Å². The molecule has 0 amide bonds. The third kappa shape index (κ3) is 5.04. The van der Waals surface area contributed by atoms with E-state index in [2.05, 4.69) is 16.9 Å². The second kappa shape index (κ2) is 7.90. The van der Waals surface area contributed by atoms with Crippen LogP contribution in [0.5, 0.6) is 0 Å². The highest BCUT2D eigenvalue weighted by Gasteiger charge is 2.11. The fourth-order valence-corrected chi connectivity index (χ4v) is 2.00. The lowest BCUT2D eigenvalue weighted by Crippen LogP contribution is -2.11. The minimum Gasteiger partial charge on any atom is -0.330 e. The van der Waals surface area contributed by atoms with Gasteiger partial charge in [0, 0.05) is 18.8 Å². The summed E-state index contributed by atoms with van der Waals surface area (Å²) in [6.45, 7) is 2.86. The van der Waals surface area contributed by atoms with E-state index in [1.807, 2.05) is 0 Å². The predicted octanol–water partition coefficient (Wildman–Crippen LogP) is 2.20. The SMILES string of the molecule is CCCC(CCN)CCC(=O)c1cncnc1. The van der Waals surface area contributed by atoms with Crippen LogP contribution in [0.2, 0.25) is 0 Å². The van der Waals surface area contributed by atoms with Gasteiger partial charge in [0.15, 0.2) is 5.78 Å². The Labute approximate surface area is 103 Å². The van der Waals surface area contributed by atoms with E-state index in [1.54, 1.807) is 12.4 Å². The number of hydrogen-bond acceptors (Lipinski definition) is 4. The molecule has 94 valence electrons. The fourth-order valence-electron chi connectivity index (χ4n) is 2.00. The molecule has 0 aliphatic carbocycles. The van der Waals surface area contributed by atoms with Gasteiger partial charge in [0.05, 0.1) is 5.56 Å². The molecule has 1 rings (SSSR count). The van der Waals surface area contributed by atoms with Gasteiger partial charge in [0.25, 0.3) is 0 Å². The molecule has 0 aliphatic heterocycles. The first-order valence-electron chi connectivity index (χ1n) is 6.26. The van der Waals surface area contributed by atoms with Gasteiger partial charge in [-0.2, -0.15) is 0 Å². The lowest BCUT2D eigenvalue weighted by molar-refractivity contribution is 0.0971. The third-order valence-electron chi connectivity index (χ3n) is 2.93. The minimum atomic E-state index is 0.128. The lowest BCUT2D eigenvalue weighted by Gasteiger charge is -2.14. The molecule has 0 radical (unpaired) electrons. The van der Waals surface area contributed by atoms with Crippen molar-refractivity contribution < 1.29 is 4.79 Å². The Kier molecular flexibility index (Phi) is 6.40. The Hall–Kier alpha value is -1.29. The molecule has 0 aliphatic rings. The first-order valence-corrected chi connectivity index (χ1v) is 6.26. The molecule has 2 N–H and O–H groups in total. The van der Waals surface area contributed by atoms with E-state index in [4.69, 9.17) is 5.73 Å². The molecular weight excluding hydrogens is 214 g/mol. The molecule has 0 spiro atoms. The molecule has 0 fully saturated rings. The Morgan fingerprint density at radius 2 is 2.00 bits per heavy atom. The van der Waals surface area contributed by atoms with Crippen LogP contribution in [0, 0.1) is 5.92 Å². The molecule has 1 unspecified atom stereocenters. The second-order valence-electron chi connectivity index (χ2n) is 4.32. The predicted molar refractivity (Wildman–Crippen MR) is 67.7 cm³/mol. The van der Waals surface area contributed by atoms with Crippen LogP contribution >= 0.6 is 0 Å². The summed E-state index contributed by atoms with van der Waals surface area (Å²) < 4.78 is 0. The van der Waals surface area contributed by atoms with Gasteiger partial charge < -0.3 is 5.73 Å². The molecule has 1 atom stereocenters. The van der Waals surface area contributed by atoms with Crippen LogP contribution in [0.15, 0.2) is 18.7 Å². The van der Waals surface area contributed by atoms with Crippen molar-refractivity contribution in [2.24, 2.45) is 11.7 Å². The van der Waals surface area contributed by atoms with Gasteiger partial charge in [0.2, 0.25) is 0 Å². The van der Waals surface area contributed by atoms with Gasteiger partial charge in [-0.3, -0.25) is 4.79 Å². The van der Waals surface area contributed by atoms with Crippen molar-refractivity contribution >= 4 is 5.78 Å². The number of Topliss-reactive ketones (excluding diaryl/α,β-unsaturated/α-hetero) is 1. The third-order valence-corrected chi connectivity index (χ3v) is 2.93. The Bertz CT molecular complexity index is 321. The molecule has 4 heteroatoms. The molecule has 0 saturated heterocycles. The van der Waals surface area contributed by atoms with Gasteiger partial charge in [-0.25, -0.2) is 9.97 Å². The number of nitrogens with two attached hydrogens (primary N) is 1. The van der Waals surface area contributed by atoms with Crippen LogP contribution in [-0.4, -0.2) is 22.3 Å². The highest BCUT2D eigenvalue weighted by Crippen LogP contribution is 2.18. The largest absolute Gasteiger partial charge is 0.330 e. The number of aromatic nitrogens is 2. The van der Waals surface area contributed by atoms with Gasteiger partial charge in [-0.1, -0.05) is 19.8 Å². The van der Waals surface area contributed by atoms with Crippen LogP contribution < -0.4 is 5.73 Å². The summed E-state index contributed by atoms with van der Waals surface area (Å²) in [5.41, 5.74) is 6.18. The van der Waals surface area contributed by atoms with Crippen molar-refractivity contribution in [3.63, 3.8) is 0 Å². The highest BCUT2D eigenvalue weighted by atomic mass is 16.1. The second-order valence-corrected chi connectivity index (χ2v) is 4.32. The van der Waals surface area contributed by atoms with E-state index >= 15 is 0 Å². The van der Waals surface area contributed by atoms with E-state index in [1.165, 1.54) is 6.33 Å². The van der Waals surface area contributed by atoms with E-state index in [-0.39, 0.29) is 5.78 Å². The molecule has 0 saturated carbocycles. The smallest absolute Gasteiger partial charge is 0.165 e. The van der Waals surface area contributed by atoms with Crippen LogP contribution in [0.1, 0.15) is 49.4 Å². The van der Waals surface area contributed by atoms with E-state index in [0.717, 1.165) is 25.7 Å². The quantitative estimate of drug-likeness (QED) is 0.701. The molecule has 0 bridgehead atoms. The molecule has 17 heavy (non-hydrogen) atoms. The standard InChI is InChI=1S/C13H21N3O/c1-2-3-11(6-7-14)4-5-13(17)12-8-15-10-16-9-12/h8-11H,2-7,14H2,1H3. The minimum absolute atomic E-state index is 0.128. The number of carbonyl (C=O) groups excluding carboxylic acids is 1. The van der Waals surface area contributed by atoms with Crippen molar-refractivity contribution in [3.8, 4) is 0 Å². The van der Waals surface area contributed by atoms with Crippen LogP contribution in [0.25, 0.3) is 0 Å². The van der Waals surface area contributed by atoms with Gasteiger partial charge >= 0.3 is 0 Å². The maximum absolute atomic E-state index is 11.8. The maximum atomic E-state index is 11.8. The molecular formula is C13H21N3O. The van der Waals surface area contributed by atoms with Crippen molar-refractivity contribution in [2.75, 3.05) is 6.54 Å². The average molecular weight is 235 g/mol. The summed E-state index contributed by atoms with van der Waals surface area (Å²) in [4.78, 5) is 19.6.